The second-order valence-corrected chi connectivity index (χ2v) is 8.67. The van der Waals surface area contributed by atoms with Crippen molar-refractivity contribution in [2.45, 2.75) is 37.1 Å². The van der Waals surface area contributed by atoms with E-state index in [1.54, 1.807) is 18.2 Å². The quantitative estimate of drug-likeness (QED) is 0.876. The van der Waals surface area contributed by atoms with Crippen LogP contribution >= 0.6 is 0 Å². The highest BCUT2D eigenvalue weighted by Gasteiger charge is 2.36. The van der Waals surface area contributed by atoms with Crippen LogP contribution < -0.4 is 4.72 Å². The highest BCUT2D eigenvalue weighted by molar-refractivity contribution is 7.89. The molecule has 0 aromatic heterocycles. The molecule has 1 aliphatic heterocycles. The van der Waals surface area contributed by atoms with E-state index in [0.29, 0.717) is 11.1 Å². The fraction of sp³-hybridized carbons (Fsp3) is 0.278. The molecule has 2 N–H and O–H groups in total. The summed E-state index contributed by atoms with van der Waals surface area (Å²) < 4.78 is 27.4. The normalized spacial score (nSPS) is 19.0. The molecule has 3 rings (SSSR count). The van der Waals surface area contributed by atoms with Gasteiger partial charge in [0.05, 0.1) is 16.5 Å². The van der Waals surface area contributed by atoms with Crippen molar-refractivity contribution in [3.8, 4) is 0 Å². The summed E-state index contributed by atoms with van der Waals surface area (Å²) in [4.78, 5) is 11.4. The Morgan fingerprint density at radius 1 is 1.12 bits per heavy atom. The van der Waals surface area contributed by atoms with Crippen LogP contribution in [0.5, 0.6) is 0 Å². The maximum atomic E-state index is 12.4. The van der Waals surface area contributed by atoms with Gasteiger partial charge in [-0.15, -0.1) is 0 Å². The van der Waals surface area contributed by atoms with Crippen molar-refractivity contribution in [1.29, 1.82) is 0 Å². The van der Waals surface area contributed by atoms with Crippen molar-refractivity contribution in [3.63, 3.8) is 0 Å². The van der Waals surface area contributed by atoms with Gasteiger partial charge in [-0.05, 0) is 40.3 Å². The first-order valence-electron chi connectivity index (χ1n) is 7.59. The van der Waals surface area contributed by atoms with E-state index < -0.39 is 22.0 Å². The minimum absolute atomic E-state index is 0.116. The van der Waals surface area contributed by atoms with E-state index in [4.69, 9.17) is 5.11 Å². The molecule has 2 aromatic rings. The van der Waals surface area contributed by atoms with Gasteiger partial charge in [0.1, 0.15) is 0 Å². The predicted molar refractivity (Wildman–Crippen MR) is 90.7 cm³/mol. The van der Waals surface area contributed by atoms with E-state index >= 15 is 0 Å². The van der Waals surface area contributed by atoms with Crippen LogP contribution in [0.25, 0.3) is 0 Å². The smallest absolute Gasteiger partial charge is 0.335 e. The Balaban J connectivity index is 2.17. The summed E-state index contributed by atoms with van der Waals surface area (Å²) in [5, 5.41) is 9.16. The topological polar surface area (TPSA) is 83.5 Å². The summed E-state index contributed by atoms with van der Waals surface area (Å²) >= 11 is 0. The number of carbonyl (C=O) groups is 1. The fourth-order valence-corrected chi connectivity index (χ4v) is 4.30. The molecular weight excluding hydrogens is 326 g/mol. The number of carboxylic acid groups (broad SMARTS) is 1. The molecule has 126 valence electrons. The zero-order chi connectivity index (χ0) is 17.7. The molecule has 24 heavy (non-hydrogen) atoms. The molecule has 0 radical (unpaired) electrons. The molecule has 1 aliphatic rings. The van der Waals surface area contributed by atoms with Gasteiger partial charge in [0, 0.05) is 0 Å². The molecule has 0 saturated carbocycles. The third kappa shape index (κ3) is 2.83. The van der Waals surface area contributed by atoms with Gasteiger partial charge in [0.25, 0.3) is 0 Å². The van der Waals surface area contributed by atoms with Gasteiger partial charge in [-0.25, -0.2) is 13.2 Å². The first-order chi connectivity index (χ1) is 11.1. The summed E-state index contributed by atoms with van der Waals surface area (Å²) in [5.41, 5.74) is 2.31. The Morgan fingerprint density at radius 2 is 1.83 bits per heavy atom. The van der Waals surface area contributed by atoms with E-state index in [9.17, 15) is 13.2 Å². The van der Waals surface area contributed by atoms with Crippen LogP contribution in [0, 0.1) is 0 Å². The summed E-state index contributed by atoms with van der Waals surface area (Å²) in [6.07, 6.45) is 0. The molecule has 1 heterocycles. The number of rotatable bonds is 2. The first-order valence-corrected chi connectivity index (χ1v) is 9.08. The van der Waals surface area contributed by atoms with Gasteiger partial charge >= 0.3 is 5.97 Å². The molecule has 0 amide bonds. The van der Waals surface area contributed by atoms with Gasteiger partial charge in [-0.3, -0.25) is 0 Å². The zero-order valence-electron chi connectivity index (χ0n) is 13.7. The van der Waals surface area contributed by atoms with Crippen molar-refractivity contribution < 1.29 is 18.3 Å². The number of hydrogen-bond acceptors (Lipinski definition) is 3. The summed E-state index contributed by atoms with van der Waals surface area (Å²) in [6.45, 7) is 6.18. The lowest BCUT2D eigenvalue weighted by molar-refractivity contribution is 0.0696. The maximum absolute atomic E-state index is 12.4. The van der Waals surface area contributed by atoms with Crippen LogP contribution in [-0.4, -0.2) is 19.5 Å². The number of fused-ring (bicyclic) bond motifs is 1. The molecule has 0 spiro atoms. The summed E-state index contributed by atoms with van der Waals surface area (Å²) in [5.74, 6) is -1.04. The summed E-state index contributed by atoms with van der Waals surface area (Å²) in [6, 6.07) is 11.1. The van der Waals surface area contributed by atoms with E-state index in [0.717, 1.165) is 5.56 Å². The number of sulfonamides is 1. The van der Waals surface area contributed by atoms with E-state index in [-0.39, 0.29) is 15.9 Å². The summed E-state index contributed by atoms with van der Waals surface area (Å²) in [7, 11) is -3.60. The highest BCUT2D eigenvalue weighted by atomic mass is 32.2. The van der Waals surface area contributed by atoms with Crippen LogP contribution in [0.4, 0.5) is 0 Å². The van der Waals surface area contributed by atoms with Crippen LogP contribution in [0.1, 0.15) is 53.9 Å². The molecule has 0 aliphatic carbocycles. The van der Waals surface area contributed by atoms with Gasteiger partial charge in [-0.2, -0.15) is 4.72 Å². The van der Waals surface area contributed by atoms with Crippen molar-refractivity contribution in [2.75, 3.05) is 0 Å². The SMILES string of the molecule is CC(C)(C)c1ccc2c(c1)[C@@H](c1cccc(C(=O)O)c1)NS2(=O)=O. The lowest BCUT2D eigenvalue weighted by Gasteiger charge is -2.20. The number of nitrogens with one attached hydrogen (secondary N) is 1. The number of benzene rings is 2. The van der Waals surface area contributed by atoms with Crippen molar-refractivity contribution in [3.05, 3.63) is 64.7 Å². The van der Waals surface area contributed by atoms with Crippen LogP contribution in [-0.2, 0) is 15.4 Å². The lowest BCUT2D eigenvalue weighted by Crippen LogP contribution is -2.20. The Morgan fingerprint density at radius 3 is 2.46 bits per heavy atom. The monoisotopic (exact) mass is 345 g/mol. The Kier molecular flexibility index (Phi) is 3.77. The molecular formula is C18H19NO4S. The Hall–Kier alpha value is -2.18. The van der Waals surface area contributed by atoms with Crippen LogP contribution in [0.2, 0.25) is 0 Å². The van der Waals surface area contributed by atoms with Crippen molar-refractivity contribution >= 4 is 16.0 Å². The molecule has 1 atom stereocenters. The van der Waals surface area contributed by atoms with Gasteiger partial charge in [0.2, 0.25) is 10.0 Å². The van der Waals surface area contributed by atoms with Gasteiger partial charge in [-0.1, -0.05) is 45.0 Å². The Bertz CT molecular complexity index is 926. The van der Waals surface area contributed by atoms with Crippen molar-refractivity contribution in [1.82, 2.24) is 4.72 Å². The Labute approximate surface area is 141 Å². The number of hydrogen-bond donors (Lipinski definition) is 2. The second kappa shape index (κ2) is 5.43. The minimum atomic E-state index is -3.60. The van der Waals surface area contributed by atoms with Crippen molar-refractivity contribution in [2.24, 2.45) is 0 Å². The highest BCUT2D eigenvalue weighted by Crippen LogP contribution is 2.38. The molecule has 0 saturated heterocycles. The number of carboxylic acids is 1. The molecule has 2 aromatic carbocycles. The van der Waals surface area contributed by atoms with Crippen LogP contribution in [0.3, 0.4) is 0 Å². The minimum Gasteiger partial charge on any atom is -0.478 e. The molecule has 5 nitrogen and oxygen atoms in total. The largest absolute Gasteiger partial charge is 0.478 e. The fourth-order valence-electron chi connectivity index (χ4n) is 2.87. The average molecular weight is 345 g/mol. The van der Waals surface area contributed by atoms with E-state index in [1.165, 1.54) is 12.1 Å². The lowest BCUT2D eigenvalue weighted by atomic mass is 9.85. The van der Waals surface area contributed by atoms with E-state index in [2.05, 4.69) is 25.5 Å². The third-order valence-electron chi connectivity index (χ3n) is 4.22. The predicted octanol–water partition coefficient (Wildman–Crippen LogP) is 3.06. The number of aromatic carboxylic acids is 1. The molecule has 0 fully saturated rings. The second-order valence-electron chi connectivity index (χ2n) is 6.99. The third-order valence-corrected chi connectivity index (χ3v) is 5.71. The van der Waals surface area contributed by atoms with E-state index in [1.807, 2.05) is 12.1 Å². The molecule has 6 heteroatoms. The van der Waals surface area contributed by atoms with Gasteiger partial charge < -0.3 is 5.11 Å². The maximum Gasteiger partial charge on any atom is 0.335 e. The average Bonchev–Trinajstić information content (AvgIpc) is 2.78. The van der Waals surface area contributed by atoms with Gasteiger partial charge in [0.15, 0.2) is 0 Å². The standard InChI is InChI=1S/C18H19NO4S/c1-18(2,3)13-7-8-15-14(10-13)16(19-24(15,22)23)11-5-4-6-12(9-11)17(20)21/h4-10,16,19H,1-3H3,(H,20,21)/t16-/m1/s1. The molecule has 0 bridgehead atoms. The van der Waals surface area contributed by atoms with Crippen LogP contribution in [0.15, 0.2) is 47.4 Å². The molecule has 0 unspecified atom stereocenters. The zero-order valence-corrected chi connectivity index (χ0v) is 14.5. The first kappa shape index (κ1) is 16.7.